The third-order valence-electron chi connectivity index (χ3n) is 3.51. The number of aliphatic hydroxyl groups is 2. The first kappa shape index (κ1) is 14.3. The van der Waals surface area contributed by atoms with Crippen LogP contribution in [0, 0.1) is 0 Å². The van der Waals surface area contributed by atoms with E-state index in [0.717, 1.165) is 4.68 Å². The van der Waals surface area contributed by atoms with E-state index in [1.807, 2.05) is 0 Å². The van der Waals surface area contributed by atoms with Crippen LogP contribution in [0.15, 0.2) is 47.0 Å². The summed E-state index contributed by atoms with van der Waals surface area (Å²) in [6.07, 6.45) is -1.77. The summed E-state index contributed by atoms with van der Waals surface area (Å²) in [7, 11) is 0. The average Bonchev–Trinajstić information content (AvgIpc) is 3.21. The second-order valence-corrected chi connectivity index (χ2v) is 5.02. The van der Waals surface area contributed by atoms with Crippen molar-refractivity contribution in [3.63, 3.8) is 0 Å². The molecule has 0 fully saturated rings. The van der Waals surface area contributed by atoms with E-state index in [1.165, 1.54) is 6.07 Å². The van der Waals surface area contributed by atoms with Gasteiger partial charge >= 0.3 is 0 Å². The Morgan fingerprint density at radius 2 is 1.92 bits per heavy atom. The number of benzene rings is 2. The molecule has 2 aromatic carbocycles. The van der Waals surface area contributed by atoms with Gasteiger partial charge in [-0.3, -0.25) is 0 Å². The first-order valence-electron chi connectivity index (χ1n) is 6.97. The summed E-state index contributed by atoms with van der Waals surface area (Å²) in [4.78, 5) is 4.27. The predicted octanol–water partition coefficient (Wildman–Crippen LogP) is 1.29. The Labute approximate surface area is 134 Å². The fourth-order valence-corrected chi connectivity index (χ4v) is 2.36. The number of aliphatic hydroxyl groups excluding tert-OH is 1. The van der Waals surface area contributed by atoms with E-state index in [2.05, 4.69) is 20.5 Å². The Bertz CT molecular complexity index is 1020. The van der Waals surface area contributed by atoms with Crippen molar-refractivity contribution in [3.8, 4) is 28.6 Å². The summed E-state index contributed by atoms with van der Waals surface area (Å²) in [5.41, 5.74) is 1.96. The van der Waals surface area contributed by atoms with Crippen molar-refractivity contribution in [2.45, 2.75) is 6.41 Å². The van der Waals surface area contributed by atoms with Gasteiger partial charge in [0, 0.05) is 5.56 Å². The predicted molar refractivity (Wildman–Crippen MR) is 81.4 cm³/mol. The first-order valence-corrected chi connectivity index (χ1v) is 6.97. The number of rotatable bonds is 3. The second kappa shape index (κ2) is 5.41. The van der Waals surface area contributed by atoms with Gasteiger partial charge in [-0.15, -0.1) is 5.10 Å². The molecule has 2 heterocycles. The molecule has 9 heteroatoms. The fraction of sp³-hybridized carbons (Fsp3) is 0.0667. The highest BCUT2D eigenvalue weighted by Crippen LogP contribution is 2.29. The van der Waals surface area contributed by atoms with Crippen LogP contribution in [0.4, 0.5) is 0 Å². The summed E-state index contributed by atoms with van der Waals surface area (Å²) in [5, 5.41) is 39.7. The van der Waals surface area contributed by atoms with Crippen LogP contribution in [-0.2, 0) is 0 Å². The number of fused-ring (bicyclic) bond motifs is 1. The Balaban J connectivity index is 1.75. The number of aromatic hydroxyl groups is 1. The molecule has 0 aliphatic carbocycles. The molecule has 9 nitrogen and oxygen atoms in total. The largest absolute Gasteiger partial charge is 0.507 e. The number of hydrogen-bond donors (Lipinski definition) is 3. The van der Waals surface area contributed by atoms with Crippen molar-refractivity contribution < 1.29 is 19.8 Å². The Kier molecular flexibility index (Phi) is 3.22. The van der Waals surface area contributed by atoms with Crippen molar-refractivity contribution in [2.75, 3.05) is 0 Å². The molecule has 0 unspecified atom stereocenters. The number of nitrogens with zero attached hydrogens (tertiary/aromatic N) is 5. The molecular formula is C15H11N5O4. The Morgan fingerprint density at radius 3 is 2.71 bits per heavy atom. The Hall–Kier alpha value is -3.30. The van der Waals surface area contributed by atoms with Crippen molar-refractivity contribution in [3.05, 3.63) is 42.5 Å². The second-order valence-electron chi connectivity index (χ2n) is 5.02. The highest BCUT2D eigenvalue weighted by Gasteiger charge is 2.15. The molecule has 0 bridgehead atoms. The van der Waals surface area contributed by atoms with Crippen LogP contribution >= 0.6 is 0 Å². The highest BCUT2D eigenvalue weighted by atomic mass is 16.5. The van der Waals surface area contributed by atoms with E-state index in [0.29, 0.717) is 28.0 Å². The molecule has 0 spiro atoms. The molecule has 0 amide bonds. The molecule has 3 N–H and O–H groups in total. The summed E-state index contributed by atoms with van der Waals surface area (Å²) >= 11 is 0. The van der Waals surface area contributed by atoms with Crippen LogP contribution in [0.5, 0.6) is 5.75 Å². The average molecular weight is 325 g/mol. The standard InChI is InChI=1S/C15H11N5O4/c21-12-4-2-1-3-9(12)14-16-13(18-24-14)8-5-6-11-10(7-8)17-19-20(11)15(22)23/h1-7,15,21-23H. The third kappa shape index (κ3) is 2.28. The summed E-state index contributed by atoms with van der Waals surface area (Å²) in [6, 6.07) is 11.6. The van der Waals surface area contributed by atoms with E-state index < -0.39 is 6.41 Å². The number of para-hydroxylation sites is 1. The van der Waals surface area contributed by atoms with Crippen molar-refractivity contribution in [1.29, 1.82) is 0 Å². The van der Waals surface area contributed by atoms with Crippen LogP contribution in [0.1, 0.15) is 6.41 Å². The zero-order valence-corrected chi connectivity index (χ0v) is 12.1. The number of phenolic OH excluding ortho intramolecular Hbond substituents is 1. The molecule has 4 aromatic rings. The van der Waals surface area contributed by atoms with Crippen LogP contribution < -0.4 is 0 Å². The van der Waals surface area contributed by atoms with E-state index >= 15 is 0 Å². The molecule has 0 saturated heterocycles. The lowest BCUT2D eigenvalue weighted by Gasteiger charge is -2.02. The van der Waals surface area contributed by atoms with E-state index in [1.54, 1.807) is 36.4 Å². The summed E-state index contributed by atoms with van der Waals surface area (Å²) in [5.74, 6) is 0.551. The van der Waals surface area contributed by atoms with E-state index in [-0.39, 0.29) is 11.6 Å². The Morgan fingerprint density at radius 1 is 1.08 bits per heavy atom. The molecule has 2 aromatic heterocycles. The lowest BCUT2D eigenvalue weighted by Crippen LogP contribution is -2.08. The topological polar surface area (TPSA) is 130 Å². The maximum Gasteiger partial charge on any atom is 0.261 e. The molecule has 0 atom stereocenters. The molecule has 0 aliphatic rings. The van der Waals surface area contributed by atoms with E-state index in [4.69, 9.17) is 4.52 Å². The third-order valence-corrected chi connectivity index (χ3v) is 3.51. The zero-order valence-electron chi connectivity index (χ0n) is 12.1. The number of phenols is 1. The maximum absolute atomic E-state index is 9.84. The van der Waals surface area contributed by atoms with Crippen molar-refractivity contribution >= 4 is 11.0 Å². The molecule has 24 heavy (non-hydrogen) atoms. The highest BCUT2D eigenvalue weighted by molar-refractivity contribution is 5.80. The van der Waals surface area contributed by atoms with Gasteiger partial charge < -0.3 is 19.8 Å². The van der Waals surface area contributed by atoms with Crippen LogP contribution in [0.25, 0.3) is 33.9 Å². The molecule has 4 rings (SSSR count). The lowest BCUT2D eigenvalue weighted by molar-refractivity contribution is -0.108. The molecule has 0 saturated carbocycles. The zero-order chi connectivity index (χ0) is 16.7. The minimum absolute atomic E-state index is 0.0445. The van der Waals surface area contributed by atoms with Gasteiger partial charge in [0.2, 0.25) is 5.82 Å². The van der Waals surface area contributed by atoms with Gasteiger partial charge in [0.1, 0.15) is 11.3 Å². The van der Waals surface area contributed by atoms with Crippen LogP contribution in [-0.4, -0.2) is 40.5 Å². The van der Waals surface area contributed by atoms with Gasteiger partial charge in [0.25, 0.3) is 12.3 Å². The minimum Gasteiger partial charge on any atom is -0.507 e. The van der Waals surface area contributed by atoms with Gasteiger partial charge in [0.05, 0.1) is 11.1 Å². The lowest BCUT2D eigenvalue weighted by atomic mass is 10.2. The van der Waals surface area contributed by atoms with Gasteiger partial charge in [-0.25, -0.2) is 0 Å². The maximum atomic E-state index is 9.84. The minimum atomic E-state index is -1.77. The number of aromatic nitrogens is 5. The molecule has 0 radical (unpaired) electrons. The molecule has 120 valence electrons. The quantitative estimate of drug-likeness (QED) is 0.480. The first-order chi connectivity index (χ1) is 11.6. The summed E-state index contributed by atoms with van der Waals surface area (Å²) in [6.45, 7) is 0. The van der Waals surface area contributed by atoms with Crippen LogP contribution in [0.3, 0.4) is 0 Å². The fourth-order valence-electron chi connectivity index (χ4n) is 2.36. The molecule has 0 aliphatic heterocycles. The van der Waals surface area contributed by atoms with Gasteiger partial charge in [-0.2, -0.15) is 9.67 Å². The normalized spacial score (nSPS) is 11.5. The summed E-state index contributed by atoms with van der Waals surface area (Å²) < 4.78 is 6.17. The van der Waals surface area contributed by atoms with E-state index in [9.17, 15) is 15.3 Å². The van der Waals surface area contributed by atoms with Crippen molar-refractivity contribution in [2.24, 2.45) is 0 Å². The molecular weight excluding hydrogens is 314 g/mol. The number of hydrogen-bond acceptors (Lipinski definition) is 8. The van der Waals surface area contributed by atoms with Gasteiger partial charge in [0.15, 0.2) is 0 Å². The van der Waals surface area contributed by atoms with Crippen molar-refractivity contribution in [1.82, 2.24) is 25.1 Å². The monoisotopic (exact) mass is 325 g/mol. The smallest absolute Gasteiger partial charge is 0.261 e. The SMILES string of the molecule is Oc1ccccc1-c1nc(-c2ccc3c(c2)nnn3C(O)O)no1. The van der Waals surface area contributed by atoms with Gasteiger partial charge in [-0.1, -0.05) is 22.5 Å². The van der Waals surface area contributed by atoms with Crippen LogP contribution in [0.2, 0.25) is 0 Å². The van der Waals surface area contributed by atoms with Gasteiger partial charge in [-0.05, 0) is 30.3 Å².